The molecule has 1 aromatic carbocycles. The third-order valence-electron chi connectivity index (χ3n) is 3.69. The van der Waals surface area contributed by atoms with E-state index in [0.717, 1.165) is 19.3 Å². The third-order valence-corrected chi connectivity index (χ3v) is 3.69. The van der Waals surface area contributed by atoms with Crippen molar-refractivity contribution < 1.29 is 33.3 Å². The molecule has 0 saturated heterocycles. The minimum absolute atomic E-state index is 0.167. The van der Waals surface area contributed by atoms with Crippen molar-refractivity contribution >= 4 is 11.9 Å². The van der Waals surface area contributed by atoms with Crippen molar-refractivity contribution in [1.29, 1.82) is 0 Å². The first kappa shape index (κ1) is 24.1. The molecule has 0 bridgehead atoms. The van der Waals surface area contributed by atoms with Crippen molar-refractivity contribution in [2.75, 3.05) is 52.9 Å². The van der Waals surface area contributed by atoms with Crippen LogP contribution in [0.25, 0.3) is 0 Å². The van der Waals surface area contributed by atoms with Crippen molar-refractivity contribution in [1.82, 2.24) is 0 Å². The van der Waals surface area contributed by atoms with Crippen LogP contribution in [0.5, 0.6) is 0 Å². The molecule has 0 N–H and O–H groups in total. The molecule has 0 amide bonds. The zero-order chi connectivity index (χ0) is 20.3. The molecule has 7 nitrogen and oxygen atoms in total. The second kappa shape index (κ2) is 17.2. The predicted molar refractivity (Wildman–Crippen MR) is 104 cm³/mol. The number of benzene rings is 1. The first-order valence-electron chi connectivity index (χ1n) is 9.85. The Bertz CT molecular complexity index is 519. The Balaban J connectivity index is 1.80. The van der Waals surface area contributed by atoms with Crippen LogP contribution in [0.15, 0.2) is 30.3 Å². The van der Waals surface area contributed by atoms with Gasteiger partial charge in [0.1, 0.15) is 13.2 Å². The number of carbonyl (C=O) groups is 2. The highest BCUT2D eigenvalue weighted by Gasteiger charge is 2.05. The van der Waals surface area contributed by atoms with Crippen LogP contribution in [-0.4, -0.2) is 64.8 Å². The van der Waals surface area contributed by atoms with Crippen LogP contribution in [0, 0.1) is 0 Å². The lowest BCUT2D eigenvalue weighted by Crippen LogP contribution is -2.15. The first-order valence-corrected chi connectivity index (χ1v) is 9.85. The largest absolute Gasteiger partial charge is 0.463 e. The molecule has 0 aliphatic rings. The van der Waals surface area contributed by atoms with Crippen LogP contribution in [0.4, 0.5) is 0 Å². The monoisotopic (exact) mass is 396 g/mol. The second-order valence-electron chi connectivity index (χ2n) is 6.02. The van der Waals surface area contributed by atoms with E-state index in [1.165, 1.54) is 0 Å². The zero-order valence-electron chi connectivity index (χ0n) is 16.7. The van der Waals surface area contributed by atoms with E-state index < -0.39 is 0 Å². The molecule has 0 radical (unpaired) electrons. The number of ether oxygens (including phenoxy) is 5. The predicted octanol–water partition coefficient (Wildman–Crippen LogP) is 3.02. The molecule has 158 valence electrons. The van der Waals surface area contributed by atoms with Crippen LogP contribution in [0.2, 0.25) is 0 Å². The fourth-order valence-electron chi connectivity index (χ4n) is 2.20. The van der Waals surface area contributed by atoms with Crippen LogP contribution < -0.4 is 0 Å². The van der Waals surface area contributed by atoms with E-state index >= 15 is 0 Å². The average molecular weight is 396 g/mol. The minimum atomic E-state index is -0.357. The summed E-state index contributed by atoms with van der Waals surface area (Å²) < 4.78 is 26.2. The quantitative estimate of drug-likeness (QED) is 0.296. The summed E-state index contributed by atoms with van der Waals surface area (Å²) >= 11 is 0. The van der Waals surface area contributed by atoms with Gasteiger partial charge < -0.3 is 23.7 Å². The molecule has 0 saturated carbocycles. The van der Waals surface area contributed by atoms with Gasteiger partial charge in [0.15, 0.2) is 0 Å². The van der Waals surface area contributed by atoms with E-state index in [0.29, 0.717) is 51.6 Å². The van der Waals surface area contributed by atoms with Crippen molar-refractivity contribution in [2.45, 2.75) is 32.6 Å². The van der Waals surface area contributed by atoms with E-state index in [4.69, 9.17) is 23.7 Å². The van der Waals surface area contributed by atoms with Crippen molar-refractivity contribution in [3.8, 4) is 0 Å². The van der Waals surface area contributed by atoms with Crippen molar-refractivity contribution in [3.05, 3.63) is 35.9 Å². The molecule has 28 heavy (non-hydrogen) atoms. The molecule has 0 aromatic heterocycles. The van der Waals surface area contributed by atoms with Gasteiger partial charge in [0, 0.05) is 6.42 Å². The molecule has 1 aromatic rings. The van der Waals surface area contributed by atoms with Gasteiger partial charge in [0.25, 0.3) is 0 Å². The summed E-state index contributed by atoms with van der Waals surface area (Å²) in [5.74, 6) is -0.524. The number of rotatable bonds is 17. The van der Waals surface area contributed by atoms with Gasteiger partial charge in [0.2, 0.25) is 0 Å². The van der Waals surface area contributed by atoms with Gasteiger partial charge in [-0.3, -0.25) is 4.79 Å². The number of hydrogen-bond acceptors (Lipinski definition) is 7. The molecule has 1 rings (SSSR count). The van der Waals surface area contributed by atoms with Gasteiger partial charge in [0.05, 0.1) is 45.2 Å². The number of hydrogen-bond donors (Lipinski definition) is 0. The molecule has 0 fully saturated rings. The summed E-state index contributed by atoms with van der Waals surface area (Å²) in [4.78, 5) is 23.0. The lowest BCUT2D eigenvalue weighted by Gasteiger charge is -2.08. The van der Waals surface area contributed by atoms with Crippen LogP contribution in [0.1, 0.15) is 43.0 Å². The highest BCUT2D eigenvalue weighted by Crippen LogP contribution is 2.01. The Hall–Kier alpha value is -1.96. The molecular formula is C21H32O7. The molecule has 0 heterocycles. The van der Waals surface area contributed by atoms with Crippen LogP contribution in [0.3, 0.4) is 0 Å². The van der Waals surface area contributed by atoms with E-state index in [1.807, 2.05) is 6.07 Å². The zero-order valence-corrected chi connectivity index (χ0v) is 16.7. The van der Waals surface area contributed by atoms with Crippen molar-refractivity contribution in [3.63, 3.8) is 0 Å². The topological polar surface area (TPSA) is 80.3 Å². The first-order chi connectivity index (χ1) is 13.7. The molecule has 0 spiro atoms. The van der Waals surface area contributed by atoms with E-state index in [-0.39, 0.29) is 25.2 Å². The summed E-state index contributed by atoms with van der Waals surface area (Å²) in [5, 5.41) is 0. The highest BCUT2D eigenvalue weighted by molar-refractivity contribution is 5.89. The summed E-state index contributed by atoms with van der Waals surface area (Å²) in [6.07, 6.45) is 3.48. The Morgan fingerprint density at radius 3 is 1.82 bits per heavy atom. The maximum absolute atomic E-state index is 11.7. The average Bonchev–Trinajstić information content (AvgIpc) is 2.72. The molecule has 7 heteroatoms. The maximum Gasteiger partial charge on any atom is 0.338 e. The highest BCUT2D eigenvalue weighted by atomic mass is 16.6. The summed E-state index contributed by atoms with van der Waals surface area (Å²) in [7, 11) is 0. The Labute approximate surface area is 167 Å². The lowest BCUT2D eigenvalue weighted by molar-refractivity contribution is -0.145. The number of unbranched alkanes of at least 4 members (excludes halogenated alkanes) is 2. The molecular weight excluding hydrogens is 364 g/mol. The number of carbonyl (C=O) groups excluding carboxylic acids is 2. The van der Waals surface area contributed by atoms with Crippen molar-refractivity contribution in [2.24, 2.45) is 0 Å². The smallest absolute Gasteiger partial charge is 0.338 e. The van der Waals surface area contributed by atoms with Gasteiger partial charge in [-0.05, 0) is 18.6 Å². The van der Waals surface area contributed by atoms with Gasteiger partial charge in [-0.15, -0.1) is 0 Å². The van der Waals surface area contributed by atoms with Crippen LogP contribution in [-0.2, 0) is 28.5 Å². The standard InChI is InChI=1S/C21H32O7/c1-2-3-5-10-20(22)27-17-15-25-13-11-24-12-14-26-16-18-28-21(23)19-8-6-4-7-9-19/h4,6-9H,2-3,5,10-18H2,1H3. The molecule has 0 aliphatic carbocycles. The summed E-state index contributed by atoms with van der Waals surface area (Å²) in [5.41, 5.74) is 0.525. The van der Waals surface area contributed by atoms with Gasteiger partial charge in [-0.2, -0.15) is 0 Å². The summed E-state index contributed by atoms with van der Waals surface area (Å²) in [6.45, 7) is 4.98. The molecule has 0 atom stereocenters. The number of esters is 2. The second-order valence-corrected chi connectivity index (χ2v) is 6.02. The SMILES string of the molecule is CCCCCC(=O)OCCOCCOCCOCCOC(=O)c1ccccc1. The molecule has 0 aliphatic heterocycles. The normalized spacial score (nSPS) is 10.6. The van der Waals surface area contributed by atoms with E-state index in [1.54, 1.807) is 24.3 Å². The van der Waals surface area contributed by atoms with E-state index in [9.17, 15) is 9.59 Å². The third kappa shape index (κ3) is 13.2. The van der Waals surface area contributed by atoms with Crippen LogP contribution >= 0.6 is 0 Å². The minimum Gasteiger partial charge on any atom is -0.463 e. The fraction of sp³-hybridized carbons (Fsp3) is 0.619. The Kier molecular flexibility index (Phi) is 14.8. The fourth-order valence-corrected chi connectivity index (χ4v) is 2.20. The van der Waals surface area contributed by atoms with Gasteiger partial charge in [-0.25, -0.2) is 4.79 Å². The molecule has 0 unspecified atom stereocenters. The summed E-state index contributed by atoms with van der Waals surface area (Å²) in [6, 6.07) is 8.83. The van der Waals surface area contributed by atoms with E-state index in [2.05, 4.69) is 6.92 Å². The Morgan fingerprint density at radius 1 is 0.714 bits per heavy atom. The van der Waals surface area contributed by atoms with Gasteiger partial charge >= 0.3 is 11.9 Å². The Morgan fingerprint density at radius 2 is 1.25 bits per heavy atom. The maximum atomic E-state index is 11.7. The lowest BCUT2D eigenvalue weighted by atomic mass is 10.2. The van der Waals surface area contributed by atoms with Gasteiger partial charge in [-0.1, -0.05) is 38.0 Å².